The molecule has 0 radical (unpaired) electrons. The van der Waals surface area contributed by atoms with E-state index in [1.165, 1.54) is 18.2 Å². The van der Waals surface area contributed by atoms with Crippen LogP contribution in [0.4, 0.5) is 4.39 Å². The number of carbonyl (C=O) groups excluding carboxylic acids is 1. The van der Waals surface area contributed by atoms with Gasteiger partial charge in [-0.3, -0.25) is 4.79 Å². The molecule has 4 heteroatoms. The molecule has 0 spiro atoms. The van der Waals surface area contributed by atoms with Crippen molar-refractivity contribution in [3.8, 4) is 0 Å². The van der Waals surface area contributed by atoms with Crippen molar-refractivity contribution in [1.29, 1.82) is 0 Å². The van der Waals surface area contributed by atoms with Crippen molar-refractivity contribution in [2.45, 2.75) is 0 Å². The standard InChI is InChI=1S/C13H7BrClFO/c14-11-7-8(16)5-6-9(11)13(17)10-3-1-2-4-12(10)15/h1-7H. The van der Waals surface area contributed by atoms with E-state index in [1.54, 1.807) is 24.3 Å². The first-order valence-electron chi connectivity index (χ1n) is 4.84. The van der Waals surface area contributed by atoms with Crippen molar-refractivity contribution in [3.05, 3.63) is 68.9 Å². The van der Waals surface area contributed by atoms with E-state index in [0.29, 0.717) is 20.6 Å². The third-order valence-corrected chi connectivity index (χ3v) is 3.28. The summed E-state index contributed by atoms with van der Waals surface area (Å²) in [6, 6.07) is 10.7. The molecule has 2 rings (SSSR count). The van der Waals surface area contributed by atoms with Gasteiger partial charge in [0.1, 0.15) is 5.82 Å². The van der Waals surface area contributed by atoms with Crippen LogP contribution in [0, 0.1) is 5.82 Å². The van der Waals surface area contributed by atoms with Gasteiger partial charge in [0.2, 0.25) is 0 Å². The zero-order chi connectivity index (χ0) is 12.4. The summed E-state index contributed by atoms with van der Waals surface area (Å²) in [6.45, 7) is 0. The third-order valence-electron chi connectivity index (χ3n) is 2.29. The number of hydrogen-bond acceptors (Lipinski definition) is 1. The molecule has 0 aromatic heterocycles. The van der Waals surface area contributed by atoms with Gasteiger partial charge in [-0.2, -0.15) is 0 Å². The fourth-order valence-corrected chi connectivity index (χ4v) is 2.22. The molecule has 0 saturated carbocycles. The summed E-state index contributed by atoms with van der Waals surface area (Å²) in [4.78, 5) is 12.2. The average Bonchev–Trinajstić information content (AvgIpc) is 2.29. The molecule has 2 aromatic rings. The number of halogens is 3. The van der Waals surface area contributed by atoms with Gasteiger partial charge in [0.05, 0.1) is 5.02 Å². The molecule has 1 nitrogen and oxygen atoms in total. The monoisotopic (exact) mass is 312 g/mol. The first kappa shape index (κ1) is 12.3. The minimum atomic E-state index is -0.396. The normalized spacial score (nSPS) is 10.3. The van der Waals surface area contributed by atoms with Gasteiger partial charge in [0, 0.05) is 15.6 Å². The molecule has 2 aromatic carbocycles. The maximum absolute atomic E-state index is 12.9. The fraction of sp³-hybridized carbons (Fsp3) is 0. The first-order chi connectivity index (χ1) is 8.09. The molecule has 0 aliphatic rings. The second-order valence-electron chi connectivity index (χ2n) is 3.43. The summed E-state index contributed by atoms with van der Waals surface area (Å²) in [5.41, 5.74) is 0.793. The highest BCUT2D eigenvalue weighted by molar-refractivity contribution is 9.10. The number of rotatable bonds is 2. The number of benzene rings is 2. The molecule has 0 N–H and O–H groups in total. The third kappa shape index (κ3) is 2.56. The molecule has 86 valence electrons. The van der Waals surface area contributed by atoms with Gasteiger partial charge in [-0.05, 0) is 46.3 Å². The maximum atomic E-state index is 12.9. The molecule has 0 amide bonds. The first-order valence-corrected chi connectivity index (χ1v) is 6.01. The quantitative estimate of drug-likeness (QED) is 0.748. The largest absolute Gasteiger partial charge is 0.289 e. The van der Waals surface area contributed by atoms with Crippen LogP contribution in [0.3, 0.4) is 0 Å². The highest BCUT2D eigenvalue weighted by Gasteiger charge is 2.15. The van der Waals surface area contributed by atoms with E-state index >= 15 is 0 Å². The second kappa shape index (κ2) is 4.98. The zero-order valence-corrected chi connectivity index (χ0v) is 10.9. The zero-order valence-electron chi connectivity index (χ0n) is 8.58. The van der Waals surface area contributed by atoms with Crippen molar-refractivity contribution in [2.75, 3.05) is 0 Å². The second-order valence-corrected chi connectivity index (χ2v) is 4.69. The lowest BCUT2D eigenvalue weighted by Gasteiger charge is -2.05. The van der Waals surface area contributed by atoms with Gasteiger partial charge in [-0.1, -0.05) is 23.7 Å². The lowest BCUT2D eigenvalue weighted by atomic mass is 10.0. The van der Waals surface area contributed by atoms with E-state index in [0.717, 1.165) is 0 Å². The number of ketones is 1. The van der Waals surface area contributed by atoms with Gasteiger partial charge in [0.15, 0.2) is 5.78 Å². The summed E-state index contributed by atoms with van der Waals surface area (Å²) in [5, 5.41) is 0.383. The molecule has 17 heavy (non-hydrogen) atoms. The molecule has 0 unspecified atom stereocenters. The highest BCUT2D eigenvalue weighted by atomic mass is 79.9. The Labute approximate surface area is 111 Å². The molecule has 0 aliphatic heterocycles. The molecule has 0 fully saturated rings. The van der Waals surface area contributed by atoms with Crippen LogP contribution in [-0.2, 0) is 0 Å². The van der Waals surface area contributed by atoms with Crippen LogP contribution in [0.25, 0.3) is 0 Å². The lowest BCUT2D eigenvalue weighted by Crippen LogP contribution is -2.03. The summed E-state index contributed by atoms with van der Waals surface area (Å²) in [7, 11) is 0. The Morgan fingerprint density at radius 1 is 1.12 bits per heavy atom. The van der Waals surface area contributed by atoms with Crippen molar-refractivity contribution in [1.82, 2.24) is 0 Å². The summed E-state index contributed by atoms with van der Waals surface area (Å²) < 4.78 is 13.3. The molecular weight excluding hydrogens is 306 g/mol. The summed E-state index contributed by atoms with van der Waals surface area (Å²) in [5.74, 6) is -0.630. The van der Waals surface area contributed by atoms with E-state index in [2.05, 4.69) is 15.9 Å². The van der Waals surface area contributed by atoms with E-state index in [-0.39, 0.29) is 5.78 Å². The van der Waals surface area contributed by atoms with E-state index in [9.17, 15) is 9.18 Å². The van der Waals surface area contributed by atoms with Crippen LogP contribution in [0.2, 0.25) is 5.02 Å². The van der Waals surface area contributed by atoms with E-state index in [1.807, 2.05) is 0 Å². The molecule has 0 atom stereocenters. The molecule has 0 saturated heterocycles. The SMILES string of the molecule is O=C(c1ccccc1Cl)c1ccc(F)cc1Br. The van der Waals surface area contributed by atoms with Crippen LogP contribution in [-0.4, -0.2) is 5.78 Å². The Morgan fingerprint density at radius 2 is 1.82 bits per heavy atom. The van der Waals surface area contributed by atoms with Crippen LogP contribution < -0.4 is 0 Å². The smallest absolute Gasteiger partial charge is 0.195 e. The lowest BCUT2D eigenvalue weighted by molar-refractivity contribution is 0.103. The van der Waals surface area contributed by atoms with Crippen LogP contribution in [0.1, 0.15) is 15.9 Å². The van der Waals surface area contributed by atoms with Crippen molar-refractivity contribution in [2.24, 2.45) is 0 Å². The van der Waals surface area contributed by atoms with Gasteiger partial charge in [-0.25, -0.2) is 4.39 Å². The fourth-order valence-electron chi connectivity index (χ4n) is 1.46. The van der Waals surface area contributed by atoms with Crippen LogP contribution in [0.15, 0.2) is 46.9 Å². The van der Waals surface area contributed by atoms with Crippen LogP contribution in [0.5, 0.6) is 0 Å². The van der Waals surface area contributed by atoms with Gasteiger partial charge in [0.25, 0.3) is 0 Å². The van der Waals surface area contributed by atoms with E-state index < -0.39 is 5.82 Å². The van der Waals surface area contributed by atoms with Crippen molar-refractivity contribution in [3.63, 3.8) is 0 Å². The van der Waals surface area contributed by atoms with Gasteiger partial charge in [-0.15, -0.1) is 0 Å². The predicted molar refractivity (Wildman–Crippen MR) is 69.0 cm³/mol. The predicted octanol–water partition coefficient (Wildman–Crippen LogP) is 4.47. The topological polar surface area (TPSA) is 17.1 Å². The minimum Gasteiger partial charge on any atom is -0.289 e. The Hall–Kier alpha value is -1.19. The molecule has 0 heterocycles. The van der Waals surface area contributed by atoms with Crippen molar-refractivity contribution < 1.29 is 9.18 Å². The molecular formula is C13H7BrClFO. The van der Waals surface area contributed by atoms with E-state index in [4.69, 9.17) is 11.6 Å². The summed E-state index contributed by atoms with van der Waals surface area (Å²) in [6.07, 6.45) is 0. The Bertz CT molecular complexity index is 583. The Balaban J connectivity index is 2.48. The minimum absolute atomic E-state index is 0.234. The number of carbonyl (C=O) groups is 1. The average molecular weight is 314 g/mol. The molecule has 0 bridgehead atoms. The van der Waals surface area contributed by atoms with Gasteiger partial charge >= 0.3 is 0 Å². The van der Waals surface area contributed by atoms with Gasteiger partial charge < -0.3 is 0 Å². The van der Waals surface area contributed by atoms with Crippen molar-refractivity contribution >= 4 is 33.3 Å². The summed E-state index contributed by atoms with van der Waals surface area (Å²) >= 11 is 9.11. The Morgan fingerprint density at radius 3 is 2.47 bits per heavy atom. The molecule has 0 aliphatic carbocycles. The number of hydrogen-bond donors (Lipinski definition) is 0. The van der Waals surface area contributed by atoms with Crippen LogP contribution >= 0.6 is 27.5 Å². The maximum Gasteiger partial charge on any atom is 0.195 e. The highest BCUT2D eigenvalue weighted by Crippen LogP contribution is 2.24. The Kier molecular flexibility index (Phi) is 3.60.